The maximum atomic E-state index is 12.8. The van der Waals surface area contributed by atoms with Gasteiger partial charge >= 0.3 is 0 Å². The highest BCUT2D eigenvalue weighted by atomic mass is 32.2. The fourth-order valence-electron chi connectivity index (χ4n) is 3.19. The molecule has 2 heterocycles. The van der Waals surface area contributed by atoms with E-state index < -0.39 is 0 Å². The molecule has 4 rings (SSSR count). The largest absolute Gasteiger partial charge is 0.486 e. The topological polar surface area (TPSA) is 98.6 Å². The first-order valence-corrected chi connectivity index (χ1v) is 11.0. The van der Waals surface area contributed by atoms with E-state index in [0.29, 0.717) is 41.1 Å². The summed E-state index contributed by atoms with van der Waals surface area (Å²) in [7, 11) is 3.55. The van der Waals surface area contributed by atoms with Crippen LogP contribution in [0.15, 0.2) is 60.0 Å². The monoisotopic (exact) mass is 453 g/mol. The Hall–Kier alpha value is -3.53. The van der Waals surface area contributed by atoms with E-state index in [0.717, 1.165) is 0 Å². The van der Waals surface area contributed by atoms with Gasteiger partial charge in [-0.3, -0.25) is 9.59 Å². The number of nitrogens with one attached hydrogen (secondary N) is 1. The van der Waals surface area contributed by atoms with Gasteiger partial charge in [0.1, 0.15) is 12.9 Å². The third kappa shape index (κ3) is 5.20. The van der Waals surface area contributed by atoms with Gasteiger partial charge in [-0.25, -0.2) is 0 Å². The second-order valence-corrected chi connectivity index (χ2v) is 8.26. The summed E-state index contributed by atoms with van der Waals surface area (Å²) in [4.78, 5) is 26.6. The molecule has 1 aliphatic rings. The summed E-state index contributed by atoms with van der Waals surface area (Å²) in [5.41, 5.74) is 1.14. The summed E-state index contributed by atoms with van der Waals surface area (Å²) >= 11 is 1.30. The highest BCUT2D eigenvalue weighted by Gasteiger charge is 2.24. The number of aryl methyl sites for hydroxylation is 1. The van der Waals surface area contributed by atoms with Crippen molar-refractivity contribution in [1.29, 1.82) is 0 Å². The molecule has 10 heteroatoms. The van der Waals surface area contributed by atoms with Crippen LogP contribution in [0, 0.1) is 0 Å². The van der Waals surface area contributed by atoms with Crippen LogP contribution in [0.1, 0.15) is 10.4 Å². The van der Waals surface area contributed by atoms with Crippen molar-refractivity contribution in [3.8, 4) is 11.5 Å². The van der Waals surface area contributed by atoms with Crippen LogP contribution in [0.3, 0.4) is 0 Å². The van der Waals surface area contributed by atoms with Gasteiger partial charge in [-0.05, 0) is 36.4 Å². The van der Waals surface area contributed by atoms with E-state index in [2.05, 4.69) is 15.5 Å². The summed E-state index contributed by atoms with van der Waals surface area (Å²) in [6.07, 6.45) is 1.34. The van der Waals surface area contributed by atoms with Crippen LogP contribution in [0.2, 0.25) is 0 Å². The van der Waals surface area contributed by atoms with Crippen molar-refractivity contribution in [1.82, 2.24) is 19.7 Å². The second-order valence-electron chi connectivity index (χ2n) is 7.32. The third-order valence-electron chi connectivity index (χ3n) is 4.81. The number of para-hydroxylation sites is 2. The lowest BCUT2D eigenvalue weighted by Gasteiger charge is -2.29. The van der Waals surface area contributed by atoms with Crippen LogP contribution >= 0.6 is 11.8 Å². The van der Waals surface area contributed by atoms with E-state index in [9.17, 15) is 9.59 Å². The Kier molecular flexibility index (Phi) is 6.60. The zero-order valence-corrected chi connectivity index (χ0v) is 18.5. The van der Waals surface area contributed by atoms with Gasteiger partial charge in [0.25, 0.3) is 5.91 Å². The van der Waals surface area contributed by atoms with Crippen molar-refractivity contribution in [2.45, 2.75) is 11.3 Å². The lowest BCUT2D eigenvalue weighted by molar-refractivity contribution is -0.113. The summed E-state index contributed by atoms with van der Waals surface area (Å²) in [6.45, 7) is 0.775. The van der Waals surface area contributed by atoms with Gasteiger partial charge in [0.05, 0.1) is 12.3 Å². The zero-order chi connectivity index (χ0) is 22.5. The molecule has 0 radical (unpaired) electrons. The number of benzene rings is 2. The molecule has 0 unspecified atom stereocenters. The molecule has 166 valence electrons. The predicted octanol–water partition coefficient (Wildman–Crippen LogP) is 2.46. The smallest absolute Gasteiger partial charge is 0.253 e. The number of amides is 2. The molecule has 9 nitrogen and oxygen atoms in total. The molecule has 0 saturated carbocycles. The number of rotatable bonds is 7. The molecule has 1 aliphatic heterocycles. The number of carbonyl (C=O) groups excluding carboxylic acids is 2. The van der Waals surface area contributed by atoms with Crippen molar-refractivity contribution in [3.63, 3.8) is 0 Å². The molecule has 0 fully saturated rings. The first-order valence-electron chi connectivity index (χ1n) is 10.0. The standard InChI is InChI=1S/C22H23N5O4S/c1-26(11-17-12-30-18-5-3-4-6-19(18)31-17)21(29)15-7-9-16(10-8-15)24-20(28)13-32-22-25-23-14-27(22)2/h3-10,14,17H,11-13H2,1-2H3,(H,24,28)/t17-/m0/s1. The zero-order valence-electron chi connectivity index (χ0n) is 17.7. The van der Waals surface area contributed by atoms with E-state index in [1.807, 2.05) is 31.3 Å². The lowest BCUT2D eigenvalue weighted by atomic mass is 10.1. The van der Waals surface area contributed by atoms with E-state index >= 15 is 0 Å². The molecule has 1 atom stereocenters. The minimum Gasteiger partial charge on any atom is -0.486 e. The second kappa shape index (κ2) is 9.73. The van der Waals surface area contributed by atoms with E-state index in [1.54, 1.807) is 47.1 Å². The Bertz CT molecular complexity index is 1100. The molecule has 2 amide bonds. The number of ether oxygens (including phenoxy) is 2. The molecule has 2 aromatic carbocycles. The Labute approximate surface area is 189 Å². The van der Waals surface area contributed by atoms with Gasteiger partial charge in [-0.1, -0.05) is 23.9 Å². The normalized spacial score (nSPS) is 14.6. The molecule has 32 heavy (non-hydrogen) atoms. The Morgan fingerprint density at radius 3 is 2.66 bits per heavy atom. The molecule has 1 N–H and O–H groups in total. The summed E-state index contributed by atoms with van der Waals surface area (Å²) in [5.74, 6) is 1.31. The predicted molar refractivity (Wildman–Crippen MR) is 120 cm³/mol. The van der Waals surface area contributed by atoms with Crippen molar-refractivity contribution in [3.05, 3.63) is 60.4 Å². The van der Waals surface area contributed by atoms with Crippen LogP contribution in [0.25, 0.3) is 0 Å². The molecule has 3 aromatic rings. The number of hydrogen-bond donors (Lipinski definition) is 1. The lowest BCUT2D eigenvalue weighted by Crippen LogP contribution is -2.41. The van der Waals surface area contributed by atoms with Gasteiger partial charge in [0, 0.05) is 25.3 Å². The van der Waals surface area contributed by atoms with Gasteiger partial charge in [0.15, 0.2) is 22.8 Å². The molecular weight excluding hydrogens is 430 g/mol. The van der Waals surface area contributed by atoms with Gasteiger partial charge in [-0.2, -0.15) is 0 Å². The highest BCUT2D eigenvalue weighted by Crippen LogP contribution is 2.31. The number of anilines is 1. The molecule has 0 saturated heterocycles. The number of hydrogen-bond acceptors (Lipinski definition) is 7. The summed E-state index contributed by atoms with van der Waals surface area (Å²) in [5, 5.41) is 11.2. The number of fused-ring (bicyclic) bond motifs is 1. The van der Waals surface area contributed by atoms with E-state index in [1.165, 1.54) is 11.8 Å². The van der Waals surface area contributed by atoms with Crippen LogP contribution in [-0.4, -0.2) is 63.5 Å². The summed E-state index contributed by atoms with van der Waals surface area (Å²) in [6, 6.07) is 14.3. The van der Waals surface area contributed by atoms with Gasteiger partial charge in [0.2, 0.25) is 5.91 Å². The van der Waals surface area contributed by atoms with Crippen LogP contribution in [0.4, 0.5) is 5.69 Å². The fourth-order valence-corrected chi connectivity index (χ4v) is 3.88. The maximum Gasteiger partial charge on any atom is 0.253 e. The number of aromatic nitrogens is 3. The van der Waals surface area contributed by atoms with Crippen molar-refractivity contribution in [2.75, 3.05) is 31.3 Å². The van der Waals surface area contributed by atoms with Crippen LogP contribution in [-0.2, 0) is 11.8 Å². The number of nitrogens with zero attached hydrogens (tertiary/aromatic N) is 4. The molecule has 1 aromatic heterocycles. The minimum absolute atomic E-state index is 0.136. The third-order valence-corrected chi connectivity index (χ3v) is 5.84. The van der Waals surface area contributed by atoms with Gasteiger partial charge < -0.3 is 24.3 Å². The van der Waals surface area contributed by atoms with E-state index in [4.69, 9.17) is 9.47 Å². The van der Waals surface area contributed by atoms with Crippen LogP contribution in [0.5, 0.6) is 11.5 Å². The quantitative estimate of drug-likeness (QED) is 0.549. The van der Waals surface area contributed by atoms with Crippen molar-refractivity contribution in [2.24, 2.45) is 7.05 Å². The first-order chi connectivity index (χ1) is 15.5. The maximum absolute atomic E-state index is 12.8. The van der Waals surface area contributed by atoms with Crippen molar-refractivity contribution < 1.29 is 19.1 Å². The molecular formula is C22H23N5O4S. The number of carbonyl (C=O) groups is 2. The van der Waals surface area contributed by atoms with Crippen molar-refractivity contribution >= 4 is 29.3 Å². The molecule has 0 spiro atoms. The Balaban J connectivity index is 1.28. The Morgan fingerprint density at radius 2 is 1.94 bits per heavy atom. The van der Waals surface area contributed by atoms with Gasteiger partial charge in [-0.15, -0.1) is 10.2 Å². The molecule has 0 aliphatic carbocycles. The SMILES string of the molecule is CN(C[C@H]1COc2ccccc2O1)C(=O)c1ccc(NC(=O)CSc2nncn2C)cc1. The first kappa shape index (κ1) is 21.7. The number of likely N-dealkylation sites (N-methyl/N-ethyl adjacent to an activating group) is 1. The minimum atomic E-state index is -0.246. The molecule has 0 bridgehead atoms. The number of thioether (sulfide) groups is 1. The Morgan fingerprint density at radius 1 is 1.19 bits per heavy atom. The average Bonchev–Trinajstić information content (AvgIpc) is 3.22. The van der Waals surface area contributed by atoms with E-state index in [-0.39, 0.29) is 23.7 Å². The fraction of sp³-hybridized carbons (Fsp3) is 0.273. The highest BCUT2D eigenvalue weighted by molar-refractivity contribution is 7.99. The van der Waals surface area contributed by atoms with Crippen LogP contribution < -0.4 is 14.8 Å². The average molecular weight is 454 g/mol. The summed E-state index contributed by atoms with van der Waals surface area (Å²) < 4.78 is 13.4.